The Morgan fingerprint density at radius 2 is 2.15 bits per heavy atom. The predicted molar refractivity (Wildman–Crippen MR) is 133 cm³/mol. The van der Waals surface area contributed by atoms with Crippen molar-refractivity contribution in [1.29, 1.82) is 0 Å². The van der Waals surface area contributed by atoms with E-state index in [4.69, 9.17) is 25.2 Å². The van der Waals surface area contributed by atoms with E-state index >= 15 is 0 Å². The second-order valence-corrected chi connectivity index (χ2v) is 8.77. The molecule has 3 rings (SSSR count). The van der Waals surface area contributed by atoms with Gasteiger partial charge in [0.2, 0.25) is 0 Å². The van der Waals surface area contributed by atoms with Gasteiger partial charge in [-0.15, -0.1) is 0 Å². The SMILES string of the molecule is COCCOCCNC(=O)c1cnc(CN(CCCCN)C2CCCc3cccnc32)c(C)c1. The zero-order chi connectivity index (χ0) is 24.2. The number of nitrogens with one attached hydrogen (secondary N) is 1. The fourth-order valence-corrected chi connectivity index (χ4v) is 4.41. The van der Waals surface area contributed by atoms with Crippen LogP contribution in [0.1, 0.15) is 64.6 Å². The van der Waals surface area contributed by atoms with E-state index in [9.17, 15) is 4.79 Å². The van der Waals surface area contributed by atoms with Gasteiger partial charge in [0.1, 0.15) is 0 Å². The summed E-state index contributed by atoms with van der Waals surface area (Å²) in [4.78, 5) is 24.4. The van der Waals surface area contributed by atoms with Crippen molar-refractivity contribution < 1.29 is 14.3 Å². The first-order valence-electron chi connectivity index (χ1n) is 12.3. The fraction of sp³-hybridized carbons (Fsp3) is 0.577. The van der Waals surface area contributed by atoms with Crippen molar-refractivity contribution in [2.45, 2.75) is 51.6 Å². The van der Waals surface area contributed by atoms with E-state index in [0.717, 1.165) is 56.5 Å². The Hall–Kier alpha value is -2.39. The lowest BCUT2D eigenvalue weighted by molar-refractivity contribution is 0.0692. The third-order valence-corrected chi connectivity index (χ3v) is 6.27. The molecule has 0 radical (unpaired) electrons. The largest absolute Gasteiger partial charge is 0.382 e. The Morgan fingerprint density at radius 1 is 1.26 bits per heavy atom. The monoisotopic (exact) mass is 469 g/mol. The van der Waals surface area contributed by atoms with E-state index in [1.165, 1.54) is 11.3 Å². The lowest BCUT2D eigenvalue weighted by Gasteiger charge is -2.35. The Labute approximate surface area is 203 Å². The summed E-state index contributed by atoms with van der Waals surface area (Å²) in [5.41, 5.74) is 10.9. The van der Waals surface area contributed by atoms with Crippen LogP contribution in [-0.4, -0.2) is 67.3 Å². The van der Waals surface area contributed by atoms with Crippen LogP contribution in [0.5, 0.6) is 0 Å². The van der Waals surface area contributed by atoms with Gasteiger partial charge in [0, 0.05) is 32.6 Å². The smallest absolute Gasteiger partial charge is 0.252 e. The second kappa shape index (κ2) is 14.1. The highest BCUT2D eigenvalue weighted by Crippen LogP contribution is 2.34. The Kier molecular flexibility index (Phi) is 10.9. The summed E-state index contributed by atoms with van der Waals surface area (Å²) in [5, 5.41) is 2.89. The molecule has 1 unspecified atom stereocenters. The van der Waals surface area contributed by atoms with Crippen molar-refractivity contribution in [2.24, 2.45) is 5.73 Å². The number of nitrogens with two attached hydrogens (primary N) is 1. The predicted octanol–water partition coefficient (Wildman–Crippen LogP) is 2.80. The van der Waals surface area contributed by atoms with E-state index in [0.29, 0.717) is 38.5 Å². The number of carbonyl (C=O) groups is 1. The van der Waals surface area contributed by atoms with Crippen LogP contribution in [0, 0.1) is 6.92 Å². The number of rotatable bonds is 14. The Balaban J connectivity index is 1.65. The van der Waals surface area contributed by atoms with Gasteiger partial charge in [0.05, 0.1) is 42.8 Å². The number of hydrogen-bond donors (Lipinski definition) is 2. The second-order valence-electron chi connectivity index (χ2n) is 8.77. The molecule has 186 valence electrons. The van der Waals surface area contributed by atoms with Crippen molar-refractivity contribution in [3.8, 4) is 0 Å². The highest BCUT2D eigenvalue weighted by Gasteiger charge is 2.27. The number of aromatic nitrogens is 2. The molecule has 1 aliphatic carbocycles. The van der Waals surface area contributed by atoms with Crippen LogP contribution in [-0.2, 0) is 22.4 Å². The van der Waals surface area contributed by atoms with Crippen LogP contribution in [0.4, 0.5) is 0 Å². The summed E-state index contributed by atoms with van der Waals surface area (Å²) in [6.45, 7) is 6.37. The summed E-state index contributed by atoms with van der Waals surface area (Å²) < 4.78 is 10.3. The molecule has 3 N–H and O–H groups in total. The fourth-order valence-electron chi connectivity index (χ4n) is 4.41. The molecule has 8 nitrogen and oxygen atoms in total. The van der Waals surface area contributed by atoms with E-state index < -0.39 is 0 Å². The quantitative estimate of drug-likeness (QED) is 0.410. The van der Waals surface area contributed by atoms with E-state index in [1.807, 2.05) is 25.3 Å². The molecule has 34 heavy (non-hydrogen) atoms. The number of amides is 1. The third kappa shape index (κ3) is 7.56. The molecule has 0 aliphatic heterocycles. The normalized spacial score (nSPS) is 15.4. The molecule has 0 bridgehead atoms. The first-order chi connectivity index (χ1) is 16.6. The molecule has 8 heteroatoms. The highest BCUT2D eigenvalue weighted by molar-refractivity contribution is 5.94. The number of aryl methyl sites for hydroxylation is 2. The Morgan fingerprint density at radius 3 is 2.94 bits per heavy atom. The molecule has 0 saturated heterocycles. The minimum atomic E-state index is -0.136. The molecule has 1 amide bonds. The van der Waals surface area contributed by atoms with Gasteiger partial charge in [0.25, 0.3) is 5.91 Å². The molecule has 0 aromatic carbocycles. The Bertz CT molecular complexity index is 908. The summed E-state index contributed by atoms with van der Waals surface area (Å²) in [6.07, 6.45) is 8.97. The van der Waals surface area contributed by atoms with Crippen molar-refractivity contribution in [3.05, 3.63) is 58.7 Å². The molecule has 2 heterocycles. The molecular weight excluding hydrogens is 430 g/mol. The maximum atomic E-state index is 12.5. The molecule has 2 aromatic rings. The van der Waals surface area contributed by atoms with Gasteiger partial charge >= 0.3 is 0 Å². The zero-order valence-electron chi connectivity index (χ0n) is 20.6. The van der Waals surface area contributed by atoms with Gasteiger partial charge in [-0.05, 0) is 75.4 Å². The lowest BCUT2D eigenvalue weighted by Crippen LogP contribution is -2.33. The van der Waals surface area contributed by atoms with Gasteiger partial charge < -0.3 is 20.5 Å². The number of methoxy groups -OCH3 is 1. The summed E-state index contributed by atoms with van der Waals surface area (Å²) in [7, 11) is 1.63. The number of nitrogens with zero attached hydrogens (tertiary/aromatic N) is 3. The molecule has 0 fully saturated rings. The van der Waals surface area contributed by atoms with Crippen LogP contribution < -0.4 is 11.1 Å². The average molecular weight is 470 g/mol. The van der Waals surface area contributed by atoms with Gasteiger partial charge in [-0.3, -0.25) is 19.7 Å². The number of hydrogen-bond acceptors (Lipinski definition) is 7. The number of ether oxygens (including phenoxy) is 2. The summed E-state index contributed by atoms with van der Waals surface area (Å²) in [5.74, 6) is -0.136. The molecular formula is C26H39N5O3. The first-order valence-corrected chi connectivity index (χ1v) is 12.3. The van der Waals surface area contributed by atoms with Crippen LogP contribution >= 0.6 is 0 Å². The molecule has 1 aliphatic rings. The zero-order valence-corrected chi connectivity index (χ0v) is 20.6. The van der Waals surface area contributed by atoms with E-state index in [-0.39, 0.29) is 11.9 Å². The maximum Gasteiger partial charge on any atom is 0.252 e. The minimum Gasteiger partial charge on any atom is -0.382 e. The van der Waals surface area contributed by atoms with Gasteiger partial charge in [0.15, 0.2) is 0 Å². The average Bonchev–Trinajstić information content (AvgIpc) is 2.86. The highest BCUT2D eigenvalue weighted by atomic mass is 16.5. The summed E-state index contributed by atoms with van der Waals surface area (Å²) >= 11 is 0. The van der Waals surface area contributed by atoms with Gasteiger partial charge in [-0.1, -0.05) is 6.07 Å². The van der Waals surface area contributed by atoms with Crippen LogP contribution in [0.25, 0.3) is 0 Å². The van der Waals surface area contributed by atoms with Crippen molar-refractivity contribution in [1.82, 2.24) is 20.2 Å². The maximum absolute atomic E-state index is 12.5. The molecule has 1 atom stereocenters. The molecule has 0 saturated carbocycles. The van der Waals surface area contributed by atoms with Gasteiger partial charge in [-0.2, -0.15) is 0 Å². The van der Waals surface area contributed by atoms with Crippen molar-refractivity contribution in [3.63, 3.8) is 0 Å². The van der Waals surface area contributed by atoms with E-state index in [1.54, 1.807) is 13.3 Å². The standard InChI is InChI=1S/C26H39N5O3/c1-20-17-22(26(32)29-12-14-34-16-15-33-2)18-30-23(20)19-31(13-4-3-10-27)24-9-5-7-21-8-6-11-28-25(21)24/h6,8,11,17-18,24H,3-5,7,9-10,12-16,19,27H2,1-2H3,(H,29,32). The van der Waals surface area contributed by atoms with Crippen LogP contribution in [0.15, 0.2) is 30.6 Å². The van der Waals surface area contributed by atoms with Crippen molar-refractivity contribution >= 4 is 5.91 Å². The lowest BCUT2D eigenvalue weighted by atomic mass is 9.90. The topological polar surface area (TPSA) is 103 Å². The minimum absolute atomic E-state index is 0.136. The summed E-state index contributed by atoms with van der Waals surface area (Å²) in [6, 6.07) is 6.44. The van der Waals surface area contributed by atoms with Gasteiger partial charge in [-0.25, -0.2) is 0 Å². The van der Waals surface area contributed by atoms with Crippen LogP contribution in [0.2, 0.25) is 0 Å². The van der Waals surface area contributed by atoms with Crippen molar-refractivity contribution in [2.75, 3.05) is 46.6 Å². The van der Waals surface area contributed by atoms with E-state index in [2.05, 4.69) is 16.3 Å². The number of unbranched alkanes of at least 4 members (excludes halogenated alkanes) is 1. The van der Waals surface area contributed by atoms with Crippen LogP contribution in [0.3, 0.4) is 0 Å². The number of fused-ring (bicyclic) bond motifs is 1. The number of pyridine rings is 2. The molecule has 0 spiro atoms. The molecule has 2 aromatic heterocycles. The first kappa shape index (κ1) is 26.2. The number of carbonyl (C=O) groups excluding carboxylic acids is 1. The third-order valence-electron chi connectivity index (χ3n) is 6.27.